The van der Waals surface area contributed by atoms with Crippen LogP contribution in [0.25, 0.3) is 0 Å². The lowest BCUT2D eigenvalue weighted by atomic mass is 10.3. The van der Waals surface area contributed by atoms with Crippen molar-refractivity contribution in [1.82, 2.24) is 0 Å². The minimum Gasteiger partial charge on any atom is -0.870 e. The van der Waals surface area contributed by atoms with Gasteiger partial charge in [0.05, 0.1) is 14.1 Å². The molecule has 0 aromatic carbocycles. The van der Waals surface area contributed by atoms with Crippen LogP contribution in [0.4, 0.5) is 0 Å². The second-order valence-electron chi connectivity index (χ2n) is 4.79. The van der Waals surface area contributed by atoms with Gasteiger partial charge < -0.3 is 10.2 Å². The van der Waals surface area contributed by atoms with E-state index in [0.29, 0.717) is 0 Å². The van der Waals surface area contributed by atoms with Gasteiger partial charge in [0.25, 0.3) is 0 Å². The van der Waals surface area contributed by atoms with Crippen molar-refractivity contribution >= 4 is 16.1 Å². The number of ether oxygens (including phenoxy) is 1. The number of hydrogen-bond donors (Lipinski definition) is 1. The molecule has 0 radical (unpaired) electrons. The Labute approximate surface area is 114 Å². The highest BCUT2D eigenvalue weighted by Gasteiger charge is 2.42. The Morgan fingerprint density at radius 2 is 1.84 bits per heavy atom. The smallest absolute Gasteiger partial charge is 0.337 e. The van der Waals surface area contributed by atoms with Crippen molar-refractivity contribution in [1.29, 1.82) is 0 Å². The third-order valence-corrected chi connectivity index (χ3v) is 4.56. The van der Waals surface area contributed by atoms with E-state index in [1.165, 1.54) is 6.92 Å². The summed E-state index contributed by atoms with van der Waals surface area (Å²) in [6.07, 6.45) is -0.512. The van der Waals surface area contributed by atoms with Gasteiger partial charge in [-0.25, -0.2) is 4.79 Å². The summed E-state index contributed by atoms with van der Waals surface area (Å²) >= 11 is 0. The summed E-state index contributed by atoms with van der Waals surface area (Å²) in [6, 6.07) is 0. The number of carbonyl (C=O) groups is 1. The van der Waals surface area contributed by atoms with Crippen LogP contribution in [0.15, 0.2) is 12.2 Å². The maximum absolute atomic E-state index is 11.4. The fourth-order valence-electron chi connectivity index (χ4n) is 1.65. The summed E-state index contributed by atoms with van der Waals surface area (Å²) in [5.41, 5.74) is 0.238. The molecule has 2 unspecified atom stereocenters. The van der Waals surface area contributed by atoms with E-state index in [-0.39, 0.29) is 22.0 Å². The minimum atomic E-state index is -4.22. The van der Waals surface area contributed by atoms with Gasteiger partial charge in [-0.3, -0.25) is 9.04 Å². The fourth-order valence-corrected chi connectivity index (χ4v) is 2.93. The highest BCUT2D eigenvalue weighted by Crippen LogP contribution is 2.21. The molecule has 0 aliphatic heterocycles. The van der Waals surface area contributed by atoms with Crippen LogP contribution >= 0.6 is 0 Å². The lowest BCUT2D eigenvalue weighted by Crippen LogP contribution is -2.58. The van der Waals surface area contributed by atoms with Crippen molar-refractivity contribution in [2.24, 2.45) is 0 Å². The molecular weight excluding hydrogens is 274 g/mol. The normalized spacial score (nSPS) is 15.1. The molecule has 0 amide bonds. The van der Waals surface area contributed by atoms with Gasteiger partial charge in [0, 0.05) is 18.9 Å². The largest absolute Gasteiger partial charge is 0.870 e. The molecule has 114 valence electrons. The maximum atomic E-state index is 11.4. The number of carbonyl (C=O) groups excluding carboxylic acids is 1. The Kier molecular flexibility index (Phi) is 7.49. The van der Waals surface area contributed by atoms with E-state index >= 15 is 0 Å². The van der Waals surface area contributed by atoms with Gasteiger partial charge in [0.2, 0.25) is 11.6 Å². The van der Waals surface area contributed by atoms with Gasteiger partial charge in [-0.2, -0.15) is 8.42 Å². The summed E-state index contributed by atoms with van der Waals surface area (Å²) in [7, 11) is -1.05. The van der Waals surface area contributed by atoms with Gasteiger partial charge in [0.15, 0.2) is 0 Å². The van der Waals surface area contributed by atoms with Gasteiger partial charge in [-0.05, 0) is 6.92 Å². The first-order valence-electron chi connectivity index (χ1n) is 5.60. The summed E-state index contributed by atoms with van der Waals surface area (Å²) in [5, 5.41) is -1.05. The molecule has 0 saturated carbocycles. The van der Waals surface area contributed by atoms with Gasteiger partial charge in [0.1, 0.15) is 0 Å². The van der Waals surface area contributed by atoms with E-state index in [2.05, 4.69) is 6.58 Å². The monoisotopic (exact) mass is 297 g/mol. The third-order valence-electron chi connectivity index (χ3n) is 3.00. The van der Waals surface area contributed by atoms with Crippen molar-refractivity contribution in [2.45, 2.75) is 38.8 Å². The van der Waals surface area contributed by atoms with Crippen molar-refractivity contribution in [3.63, 3.8) is 0 Å². The molecule has 8 heteroatoms. The van der Waals surface area contributed by atoms with Gasteiger partial charge >= 0.3 is 16.1 Å². The Morgan fingerprint density at radius 3 is 2.11 bits per heavy atom. The van der Waals surface area contributed by atoms with Crippen LogP contribution in [0.5, 0.6) is 0 Å². The van der Waals surface area contributed by atoms with E-state index in [1.807, 2.05) is 0 Å². The van der Waals surface area contributed by atoms with Crippen LogP contribution < -0.4 is 0 Å². The quantitative estimate of drug-likeness (QED) is 0.257. The molecule has 0 aromatic heterocycles. The first kappa shape index (κ1) is 20.4. The Morgan fingerprint density at radius 1 is 1.42 bits per heavy atom. The SMILES string of the molecule is C=C(C)C(=O)OC(C)[N+](C)(C)C(CC)S(=O)(=O)O.[OH-]. The molecule has 2 atom stereocenters. The number of hydrogen-bond acceptors (Lipinski definition) is 5. The molecule has 0 spiro atoms. The second-order valence-corrected chi connectivity index (χ2v) is 6.37. The standard InChI is InChI=1S/C11H21NO5S.H2O/c1-7-10(18(14,15)16)12(5,6)9(4)17-11(13)8(2)3;/h9-10H,2,7H2,1,3-6H3;1H2. The zero-order valence-electron chi connectivity index (χ0n) is 12.0. The Bertz CT molecular complexity index is 428. The fraction of sp³-hybridized carbons (Fsp3) is 0.727. The van der Waals surface area contributed by atoms with E-state index in [1.54, 1.807) is 27.9 Å². The van der Waals surface area contributed by atoms with E-state index < -0.39 is 27.7 Å². The first-order chi connectivity index (χ1) is 7.94. The Hall–Kier alpha value is -0.960. The van der Waals surface area contributed by atoms with Gasteiger partial charge in [-0.15, -0.1) is 0 Å². The minimum absolute atomic E-state index is 0. The molecule has 0 rings (SSSR count). The number of rotatable bonds is 6. The summed E-state index contributed by atoms with van der Waals surface area (Å²) in [4.78, 5) is 11.4. The highest BCUT2D eigenvalue weighted by molar-refractivity contribution is 7.86. The molecular formula is C11H23NO6S. The average molecular weight is 297 g/mol. The van der Waals surface area contributed by atoms with Crippen molar-refractivity contribution in [3.05, 3.63) is 12.2 Å². The third kappa shape index (κ3) is 5.27. The average Bonchev–Trinajstić information content (AvgIpc) is 2.15. The van der Waals surface area contributed by atoms with Crippen LogP contribution in [0.2, 0.25) is 0 Å². The van der Waals surface area contributed by atoms with E-state index in [9.17, 15) is 17.8 Å². The van der Waals surface area contributed by atoms with Crippen LogP contribution in [-0.2, 0) is 19.6 Å². The molecule has 7 nitrogen and oxygen atoms in total. The summed E-state index contributed by atoms with van der Waals surface area (Å²) < 4.78 is 36.8. The second kappa shape index (κ2) is 6.99. The van der Waals surface area contributed by atoms with Crippen molar-refractivity contribution in [2.75, 3.05) is 14.1 Å². The van der Waals surface area contributed by atoms with Crippen LogP contribution in [0, 0.1) is 0 Å². The molecule has 0 fully saturated rings. The summed E-state index contributed by atoms with van der Waals surface area (Å²) in [6.45, 7) is 8.19. The predicted octanol–water partition coefficient (Wildman–Crippen LogP) is 0.975. The van der Waals surface area contributed by atoms with E-state index in [4.69, 9.17) is 4.74 Å². The maximum Gasteiger partial charge on any atom is 0.337 e. The number of nitrogens with zero attached hydrogens (tertiary/aromatic N) is 1. The Balaban J connectivity index is 0. The zero-order chi connectivity index (χ0) is 14.7. The van der Waals surface area contributed by atoms with Gasteiger partial charge in [-0.1, -0.05) is 13.5 Å². The molecule has 0 saturated heterocycles. The first-order valence-corrected chi connectivity index (χ1v) is 7.11. The van der Waals surface area contributed by atoms with Crippen molar-refractivity contribution < 1.29 is 32.5 Å². The van der Waals surface area contributed by atoms with Crippen LogP contribution in [-0.4, -0.2) is 54.6 Å². The molecule has 2 N–H and O–H groups in total. The highest BCUT2D eigenvalue weighted by atomic mass is 32.2. The summed E-state index contributed by atoms with van der Waals surface area (Å²) in [5.74, 6) is -0.584. The zero-order valence-corrected chi connectivity index (χ0v) is 12.8. The molecule has 0 bridgehead atoms. The molecule has 0 heterocycles. The number of quaternary nitrogens is 1. The molecule has 0 aromatic rings. The van der Waals surface area contributed by atoms with E-state index in [0.717, 1.165) is 0 Å². The van der Waals surface area contributed by atoms with Crippen LogP contribution in [0.1, 0.15) is 27.2 Å². The topological polar surface area (TPSA) is 111 Å². The lowest BCUT2D eigenvalue weighted by molar-refractivity contribution is -0.943. The lowest BCUT2D eigenvalue weighted by Gasteiger charge is -2.39. The number of esters is 1. The van der Waals surface area contributed by atoms with Crippen molar-refractivity contribution in [3.8, 4) is 0 Å². The molecule has 19 heavy (non-hydrogen) atoms. The molecule has 0 aliphatic rings. The predicted molar refractivity (Wildman–Crippen MR) is 70.0 cm³/mol. The van der Waals surface area contributed by atoms with Crippen LogP contribution in [0.3, 0.4) is 0 Å². The molecule has 0 aliphatic carbocycles.